The number of nitrogens with zero attached hydrogens (tertiary/aromatic N) is 5. The second-order valence-electron chi connectivity index (χ2n) is 12.9. The van der Waals surface area contributed by atoms with Crippen molar-refractivity contribution in [2.24, 2.45) is 46.8 Å². The average Bonchev–Trinajstić information content (AvgIpc) is 3.53. The molecular weight excluding hydrogens is 511 g/mol. The van der Waals surface area contributed by atoms with E-state index < -0.39 is 12.2 Å². The molecule has 0 unspecified atom stereocenters. The van der Waals surface area contributed by atoms with Crippen molar-refractivity contribution in [2.45, 2.75) is 39.0 Å². The molecule has 0 spiro atoms. The van der Waals surface area contributed by atoms with Gasteiger partial charge in [0.1, 0.15) is 30.3 Å². The van der Waals surface area contributed by atoms with Gasteiger partial charge in [-0.1, -0.05) is 6.07 Å². The Morgan fingerprint density at radius 2 is 1.75 bits per heavy atom. The standard InChI is InChI=1S/C30H29FN6O3/c1-12(38)28-17-5-14(15-7-32-13(2)33-8-15)3-4-18(17)37(35-28)10-20(39)36-9-16(31)6-19(36)29(40)34-11-30-25-22-21-23(25)27(30)24(21)26(22)30/h3-5,7-8,16,19,21-27H,6,9-11H2,1-2H3,(H,34,40)/t16-,19+,21?,22?,23?,24?,25?,26?,27?,30?/m1/s1. The van der Waals surface area contributed by atoms with Crippen molar-refractivity contribution in [3.63, 3.8) is 0 Å². The third-order valence-corrected chi connectivity index (χ3v) is 11.6. The zero-order valence-corrected chi connectivity index (χ0v) is 22.3. The maximum atomic E-state index is 14.6. The van der Waals surface area contributed by atoms with Crippen molar-refractivity contribution in [1.82, 2.24) is 30.0 Å². The number of fused-ring (bicyclic) bond motifs is 1. The molecule has 7 fully saturated rings. The highest BCUT2D eigenvalue weighted by Crippen LogP contribution is 3.05. The number of nitrogens with one attached hydrogen (secondary N) is 1. The number of hydrogen-bond donors (Lipinski definition) is 1. The van der Waals surface area contributed by atoms with Crippen LogP contribution in [0.15, 0.2) is 30.6 Å². The maximum Gasteiger partial charge on any atom is 0.245 e. The van der Waals surface area contributed by atoms with Crippen molar-refractivity contribution in [1.29, 1.82) is 0 Å². The average molecular weight is 541 g/mol. The highest BCUT2D eigenvalue weighted by Gasteiger charge is 3.03. The van der Waals surface area contributed by atoms with Gasteiger partial charge in [0.05, 0.1) is 12.1 Å². The summed E-state index contributed by atoms with van der Waals surface area (Å²) in [5.41, 5.74) is 2.83. The molecule has 204 valence electrons. The Kier molecular flexibility index (Phi) is 4.22. The van der Waals surface area contributed by atoms with Crippen LogP contribution >= 0.6 is 0 Å². The zero-order valence-electron chi connectivity index (χ0n) is 22.3. The third-order valence-electron chi connectivity index (χ3n) is 11.6. The van der Waals surface area contributed by atoms with Crippen LogP contribution in [0.5, 0.6) is 0 Å². The van der Waals surface area contributed by atoms with Crippen molar-refractivity contribution in [3.05, 3.63) is 42.1 Å². The van der Waals surface area contributed by atoms with Gasteiger partial charge in [-0.05, 0) is 71.5 Å². The van der Waals surface area contributed by atoms with Gasteiger partial charge in [0, 0.05) is 43.2 Å². The molecule has 1 saturated heterocycles. The van der Waals surface area contributed by atoms with Gasteiger partial charge in [0.2, 0.25) is 11.8 Å². The summed E-state index contributed by atoms with van der Waals surface area (Å²) < 4.78 is 16.1. The topological polar surface area (TPSA) is 110 Å². The van der Waals surface area contributed by atoms with Crippen molar-refractivity contribution in [3.8, 4) is 11.1 Å². The number of alkyl halides is 1. The van der Waals surface area contributed by atoms with Crippen LogP contribution < -0.4 is 5.32 Å². The number of hydrogen-bond acceptors (Lipinski definition) is 6. The highest BCUT2D eigenvalue weighted by molar-refractivity contribution is 6.06. The van der Waals surface area contributed by atoms with Crippen molar-refractivity contribution in [2.75, 3.05) is 13.1 Å². The van der Waals surface area contributed by atoms with E-state index in [0.717, 1.165) is 52.6 Å². The van der Waals surface area contributed by atoms with E-state index in [0.29, 0.717) is 28.7 Å². The van der Waals surface area contributed by atoms with E-state index in [2.05, 4.69) is 20.4 Å². The predicted octanol–water partition coefficient (Wildman–Crippen LogP) is 2.43. The van der Waals surface area contributed by atoms with Crippen LogP contribution in [0.2, 0.25) is 0 Å². The van der Waals surface area contributed by atoms with E-state index in [1.54, 1.807) is 12.4 Å². The molecule has 6 aliphatic carbocycles. The largest absolute Gasteiger partial charge is 0.354 e. The van der Waals surface area contributed by atoms with Crippen LogP contribution in [-0.2, 0) is 16.1 Å². The number of rotatable bonds is 7. The number of carbonyl (C=O) groups excluding carboxylic acids is 3. The SMILES string of the molecule is CC(=O)c1nn(CC(=O)N2C[C@H](F)C[C@H]2C(=O)NCC23C4C5C6C4C2C6C53)c2ccc(-c3cnc(C)nc3)cc12. The fourth-order valence-corrected chi connectivity index (χ4v) is 10.2. The van der Waals surface area contributed by atoms with Crippen LogP contribution in [0.1, 0.15) is 29.7 Å². The fraction of sp³-hybridized carbons (Fsp3) is 0.533. The lowest BCUT2D eigenvalue weighted by Gasteiger charge is -3.08. The lowest BCUT2D eigenvalue weighted by molar-refractivity contribution is -0.612. The first-order chi connectivity index (χ1) is 19.3. The third kappa shape index (κ3) is 2.50. The minimum atomic E-state index is -1.25. The van der Waals surface area contributed by atoms with Crippen LogP contribution in [0, 0.1) is 53.8 Å². The second kappa shape index (κ2) is 7.33. The summed E-state index contributed by atoms with van der Waals surface area (Å²) in [7, 11) is 0. The molecule has 6 saturated carbocycles. The smallest absolute Gasteiger partial charge is 0.245 e. The Bertz CT molecular complexity index is 1610. The van der Waals surface area contributed by atoms with E-state index in [1.807, 2.05) is 25.1 Å². The number of amides is 2. The van der Waals surface area contributed by atoms with Gasteiger partial charge in [-0.2, -0.15) is 5.10 Å². The van der Waals surface area contributed by atoms with E-state index in [9.17, 15) is 18.8 Å². The monoisotopic (exact) mass is 540 g/mol. The van der Waals surface area contributed by atoms with Crippen LogP contribution in [0.3, 0.4) is 0 Å². The van der Waals surface area contributed by atoms with Gasteiger partial charge >= 0.3 is 0 Å². The summed E-state index contributed by atoms with van der Waals surface area (Å²) in [6, 6.07) is 4.71. The number of benzene rings is 1. The first kappa shape index (κ1) is 23.1. The van der Waals surface area contributed by atoms with E-state index in [4.69, 9.17) is 0 Å². The van der Waals surface area contributed by atoms with Gasteiger partial charge < -0.3 is 10.2 Å². The Labute approximate surface area is 229 Å². The van der Waals surface area contributed by atoms with Gasteiger partial charge in [0.15, 0.2) is 5.78 Å². The Balaban J connectivity index is 0.940. The first-order valence-electron chi connectivity index (χ1n) is 14.3. The number of likely N-dealkylation sites (tertiary alicyclic amines) is 1. The molecule has 2 atom stereocenters. The lowest BCUT2D eigenvalue weighted by atomic mass is 8.96. The summed E-state index contributed by atoms with van der Waals surface area (Å²) in [5, 5.41) is 8.21. The van der Waals surface area contributed by atoms with Crippen LogP contribution in [0.4, 0.5) is 4.39 Å². The van der Waals surface area contributed by atoms with Crippen molar-refractivity contribution < 1.29 is 18.8 Å². The molecule has 7 aliphatic rings. The minimum Gasteiger partial charge on any atom is -0.354 e. The van der Waals surface area contributed by atoms with Crippen LogP contribution in [0.25, 0.3) is 22.0 Å². The molecule has 9 nitrogen and oxygen atoms in total. The molecule has 10 rings (SSSR count). The van der Waals surface area contributed by atoms with Gasteiger partial charge in [0.25, 0.3) is 0 Å². The number of aryl methyl sites for hydroxylation is 1. The maximum absolute atomic E-state index is 14.6. The molecule has 1 N–H and O–H groups in total. The summed E-state index contributed by atoms with van der Waals surface area (Å²) >= 11 is 0. The number of halogens is 1. The molecule has 10 heteroatoms. The molecule has 2 amide bonds. The lowest BCUT2D eigenvalue weighted by Crippen LogP contribution is -3.06. The Morgan fingerprint density at radius 3 is 2.42 bits per heavy atom. The molecule has 40 heavy (non-hydrogen) atoms. The quantitative estimate of drug-likeness (QED) is 0.461. The Hall–Kier alpha value is -3.69. The molecule has 3 heterocycles. The molecule has 1 aliphatic heterocycles. The summed E-state index contributed by atoms with van der Waals surface area (Å²) in [4.78, 5) is 49.0. The number of ketones is 1. The number of aromatic nitrogens is 4. The van der Waals surface area contributed by atoms with Gasteiger partial charge in [-0.3, -0.25) is 19.1 Å². The molecule has 2 aromatic heterocycles. The second-order valence-corrected chi connectivity index (χ2v) is 12.9. The van der Waals surface area contributed by atoms with Crippen LogP contribution in [-0.4, -0.2) is 67.5 Å². The van der Waals surface area contributed by atoms with E-state index in [1.165, 1.54) is 16.5 Å². The minimum absolute atomic E-state index is 0.0112. The van der Waals surface area contributed by atoms with Crippen molar-refractivity contribution >= 4 is 28.5 Å². The zero-order chi connectivity index (χ0) is 27.2. The summed E-state index contributed by atoms with van der Waals surface area (Å²) in [6.07, 6.45) is 2.21. The molecular formula is C30H29FN6O3. The van der Waals surface area contributed by atoms with E-state index >= 15 is 0 Å². The Morgan fingerprint density at radius 1 is 1.05 bits per heavy atom. The van der Waals surface area contributed by atoms with E-state index in [-0.39, 0.29) is 42.8 Å². The van der Waals surface area contributed by atoms with Gasteiger partial charge in [-0.15, -0.1) is 0 Å². The normalized spacial score (nSPS) is 38.5. The first-order valence-corrected chi connectivity index (χ1v) is 14.3. The fourth-order valence-electron chi connectivity index (χ4n) is 10.2. The molecule has 0 radical (unpaired) electrons. The molecule has 1 aromatic carbocycles. The molecule has 0 bridgehead atoms. The predicted molar refractivity (Wildman–Crippen MR) is 140 cm³/mol. The number of carbonyl (C=O) groups is 3. The number of Topliss-reactive ketones (excluding diaryl/α,β-unsaturated/α-hetero) is 1. The molecule has 3 aromatic rings. The van der Waals surface area contributed by atoms with Gasteiger partial charge in [-0.25, -0.2) is 14.4 Å². The summed E-state index contributed by atoms with van der Waals surface area (Å²) in [5.74, 6) is 6.06. The summed E-state index contributed by atoms with van der Waals surface area (Å²) in [6.45, 7) is 3.63. The highest BCUT2D eigenvalue weighted by atomic mass is 19.1.